The topological polar surface area (TPSA) is 67.1 Å². The lowest BCUT2D eigenvalue weighted by Crippen LogP contribution is -2.37. The average Bonchev–Trinajstić information content (AvgIpc) is 3.14. The number of nitrogens with one attached hydrogen (secondary N) is 2. The highest BCUT2D eigenvalue weighted by molar-refractivity contribution is 7.10. The Morgan fingerprint density at radius 3 is 3.00 bits per heavy atom. The number of guanidine groups is 1. The fourth-order valence-corrected chi connectivity index (χ4v) is 4.07. The van der Waals surface area contributed by atoms with E-state index in [0.29, 0.717) is 0 Å². The number of thiophene rings is 1. The molecule has 0 bridgehead atoms. The first-order chi connectivity index (χ1) is 12.8. The summed E-state index contributed by atoms with van der Waals surface area (Å²) >= 11 is 1.77. The maximum absolute atomic E-state index is 4.71. The highest BCUT2D eigenvalue weighted by atomic mass is 32.1. The molecular formula is C19H30N6S. The monoisotopic (exact) mass is 374 g/mol. The number of fused-ring (bicyclic) bond motifs is 1. The molecule has 142 valence electrons. The first-order valence-corrected chi connectivity index (χ1v) is 10.6. The predicted octanol–water partition coefficient (Wildman–Crippen LogP) is 3.06. The molecule has 1 aliphatic heterocycles. The third-order valence-electron chi connectivity index (χ3n) is 4.75. The predicted molar refractivity (Wildman–Crippen MR) is 108 cm³/mol. The lowest BCUT2D eigenvalue weighted by molar-refractivity contribution is 0.594. The van der Waals surface area contributed by atoms with E-state index in [2.05, 4.69) is 50.7 Å². The summed E-state index contributed by atoms with van der Waals surface area (Å²) in [4.78, 5) is 6.03. The van der Waals surface area contributed by atoms with Crippen molar-refractivity contribution in [1.29, 1.82) is 0 Å². The van der Waals surface area contributed by atoms with Gasteiger partial charge in [0.1, 0.15) is 11.6 Å². The van der Waals surface area contributed by atoms with Crippen LogP contribution in [0.4, 0.5) is 0 Å². The second-order valence-electron chi connectivity index (χ2n) is 6.75. The Morgan fingerprint density at radius 2 is 2.19 bits per heavy atom. The number of hydrogen-bond acceptors (Lipinski definition) is 4. The fraction of sp³-hybridized carbons (Fsp3) is 0.632. The summed E-state index contributed by atoms with van der Waals surface area (Å²) in [5.74, 6) is 3.20. The minimum absolute atomic E-state index is 0.733. The lowest BCUT2D eigenvalue weighted by Gasteiger charge is -2.11. The molecule has 0 atom stereocenters. The summed E-state index contributed by atoms with van der Waals surface area (Å²) in [6.07, 6.45) is 6.85. The van der Waals surface area contributed by atoms with Gasteiger partial charge in [-0.1, -0.05) is 6.42 Å². The van der Waals surface area contributed by atoms with Gasteiger partial charge < -0.3 is 15.2 Å². The van der Waals surface area contributed by atoms with Crippen molar-refractivity contribution in [1.82, 2.24) is 25.4 Å². The normalized spacial score (nSPS) is 14.8. The van der Waals surface area contributed by atoms with Gasteiger partial charge in [0.05, 0.1) is 6.54 Å². The van der Waals surface area contributed by atoms with Gasteiger partial charge in [0.25, 0.3) is 0 Å². The van der Waals surface area contributed by atoms with Gasteiger partial charge in [-0.3, -0.25) is 0 Å². The van der Waals surface area contributed by atoms with Crippen LogP contribution in [0.3, 0.4) is 0 Å². The first kappa shape index (κ1) is 18.9. The zero-order valence-corrected chi connectivity index (χ0v) is 16.7. The van der Waals surface area contributed by atoms with Crippen LogP contribution in [0.25, 0.3) is 0 Å². The van der Waals surface area contributed by atoms with Crippen LogP contribution >= 0.6 is 11.3 Å². The largest absolute Gasteiger partial charge is 0.357 e. The van der Waals surface area contributed by atoms with Crippen LogP contribution in [0, 0.1) is 6.92 Å². The van der Waals surface area contributed by atoms with Gasteiger partial charge in [0, 0.05) is 37.4 Å². The molecule has 2 N–H and O–H groups in total. The van der Waals surface area contributed by atoms with Crippen LogP contribution in [-0.4, -0.2) is 33.8 Å². The molecule has 0 radical (unpaired) electrons. The third kappa shape index (κ3) is 5.06. The van der Waals surface area contributed by atoms with E-state index in [1.165, 1.54) is 35.5 Å². The van der Waals surface area contributed by atoms with Crippen LogP contribution in [-0.2, 0) is 25.9 Å². The van der Waals surface area contributed by atoms with Crippen LogP contribution in [0.2, 0.25) is 0 Å². The van der Waals surface area contributed by atoms with E-state index >= 15 is 0 Å². The van der Waals surface area contributed by atoms with Gasteiger partial charge in [-0.25, -0.2) is 4.99 Å². The van der Waals surface area contributed by atoms with Crippen molar-refractivity contribution in [2.24, 2.45) is 4.99 Å². The molecule has 3 heterocycles. The average molecular weight is 375 g/mol. The summed E-state index contributed by atoms with van der Waals surface area (Å²) in [7, 11) is 0. The minimum Gasteiger partial charge on any atom is -0.357 e. The summed E-state index contributed by atoms with van der Waals surface area (Å²) in [5.41, 5.74) is 1.32. The second kappa shape index (κ2) is 9.71. The highest BCUT2D eigenvalue weighted by Gasteiger charge is 2.14. The molecule has 26 heavy (non-hydrogen) atoms. The summed E-state index contributed by atoms with van der Waals surface area (Å²) in [5, 5.41) is 17.7. The molecule has 7 heteroatoms. The Balaban J connectivity index is 1.48. The van der Waals surface area contributed by atoms with E-state index in [1.54, 1.807) is 11.3 Å². The third-order valence-corrected chi connectivity index (χ3v) is 5.76. The van der Waals surface area contributed by atoms with Crippen molar-refractivity contribution >= 4 is 17.3 Å². The quantitative estimate of drug-likeness (QED) is 0.444. The van der Waals surface area contributed by atoms with Crippen LogP contribution in [0.15, 0.2) is 16.4 Å². The van der Waals surface area contributed by atoms with Gasteiger partial charge in [-0.2, -0.15) is 0 Å². The Morgan fingerprint density at radius 1 is 1.27 bits per heavy atom. The van der Waals surface area contributed by atoms with E-state index in [-0.39, 0.29) is 0 Å². The molecule has 1 aliphatic rings. The van der Waals surface area contributed by atoms with E-state index in [0.717, 1.165) is 57.2 Å². The maximum Gasteiger partial charge on any atom is 0.191 e. The molecule has 0 saturated carbocycles. The van der Waals surface area contributed by atoms with Crippen LogP contribution < -0.4 is 10.6 Å². The van der Waals surface area contributed by atoms with Gasteiger partial charge in [-0.15, -0.1) is 21.5 Å². The van der Waals surface area contributed by atoms with E-state index in [4.69, 9.17) is 4.99 Å². The number of aromatic nitrogens is 3. The second-order valence-corrected chi connectivity index (χ2v) is 7.75. The van der Waals surface area contributed by atoms with Crippen molar-refractivity contribution in [2.75, 3.05) is 13.1 Å². The van der Waals surface area contributed by atoms with E-state index < -0.39 is 0 Å². The minimum atomic E-state index is 0.733. The SMILES string of the molecule is CCNC(=NCc1sccc1C)NCCCc1nnc2n1CCCCC2. The molecule has 6 nitrogen and oxygen atoms in total. The number of aliphatic imine (C=N–C) groups is 1. The molecule has 0 amide bonds. The Hall–Kier alpha value is -1.89. The van der Waals surface area contributed by atoms with Gasteiger partial charge in [0.15, 0.2) is 5.96 Å². The zero-order chi connectivity index (χ0) is 18.2. The Bertz CT molecular complexity index is 717. The molecule has 3 rings (SSSR count). The van der Waals surface area contributed by atoms with Crippen molar-refractivity contribution in [3.63, 3.8) is 0 Å². The number of aryl methyl sites for hydroxylation is 3. The van der Waals surface area contributed by atoms with E-state index in [1.807, 2.05) is 0 Å². The smallest absolute Gasteiger partial charge is 0.191 e. The van der Waals surface area contributed by atoms with Crippen molar-refractivity contribution < 1.29 is 0 Å². The molecule has 2 aromatic heterocycles. The highest BCUT2D eigenvalue weighted by Crippen LogP contribution is 2.16. The maximum atomic E-state index is 4.71. The number of rotatable bonds is 7. The number of hydrogen-bond donors (Lipinski definition) is 2. The molecular weight excluding hydrogens is 344 g/mol. The number of nitrogens with zero attached hydrogens (tertiary/aromatic N) is 4. The van der Waals surface area contributed by atoms with Crippen molar-refractivity contribution in [2.45, 2.75) is 65.5 Å². The molecule has 0 saturated heterocycles. The van der Waals surface area contributed by atoms with E-state index in [9.17, 15) is 0 Å². The molecule has 0 unspecified atom stereocenters. The molecule has 0 spiro atoms. The standard InChI is InChI=1S/C19H30N6S/c1-3-20-19(22-14-16-15(2)10-13-26-16)21-11-7-9-18-24-23-17-8-5-4-6-12-25(17)18/h10,13H,3-9,11-12,14H2,1-2H3,(H2,20,21,22). The van der Waals surface area contributed by atoms with Gasteiger partial charge in [-0.05, 0) is 50.1 Å². The van der Waals surface area contributed by atoms with Crippen molar-refractivity contribution in [3.05, 3.63) is 33.5 Å². The van der Waals surface area contributed by atoms with Crippen LogP contribution in [0.1, 0.15) is 54.7 Å². The molecule has 2 aromatic rings. The summed E-state index contributed by atoms with van der Waals surface area (Å²) < 4.78 is 2.34. The lowest BCUT2D eigenvalue weighted by atomic mass is 10.2. The van der Waals surface area contributed by atoms with Gasteiger partial charge in [0.2, 0.25) is 0 Å². The molecule has 0 fully saturated rings. The van der Waals surface area contributed by atoms with Crippen molar-refractivity contribution in [3.8, 4) is 0 Å². The fourth-order valence-electron chi connectivity index (χ4n) is 3.24. The molecule has 0 aliphatic carbocycles. The first-order valence-electron chi connectivity index (χ1n) is 9.74. The summed E-state index contributed by atoms with van der Waals surface area (Å²) in [6, 6.07) is 2.15. The Kier molecular flexibility index (Phi) is 7.05. The molecule has 0 aromatic carbocycles. The zero-order valence-electron chi connectivity index (χ0n) is 15.9. The Labute approximate surface area is 160 Å². The summed E-state index contributed by atoms with van der Waals surface area (Å²) in [6.45, 7) is 7.80. The van der Waals surface area contributed by atoms with Gasteiger partial charge >= 0.3 is 0 Å². The van der Waals surface area contributed by atoms with Crippen LogP contribution in [0.5, 0.6) is 0 Å².